The first-order valence-electron chi connectivity index (χ1n) is 6.25. The minimum Gasteiger partial charge on any atom is -0.507 e. The van der Waals surface area contributed by atoms with E-state index in [1.54, 1.807) is 13.0 Å². The summed E-state index contributed by atoms with van der Waals surface area (Å²) in [4.78, 5) is 19.0. The zero-order valence-electron chi connectivity index (χ0n) is 11.6. The lowest BCUT2D eigenvalue weighted by Crippen LogP contribution is -1.99. The van der Waals surface area contributed by atoms with E-state index in [2.05, 4.69) is 10.1 Å². The average Bonchev–Trinajstić information content (AvgIpc) is 2.49. The van der Waals surface area contributed by atoms with E-state index in [1.807, 2.05) is 0 Å². The van der Waals surface area contributed by atoms with Gasteiger partial charge in [-0.1, -0.05) is 5.16 Å². The fourth-order valence-corrected chi connectivity index (χ4v) is 1.63. The van der Waals surface area contributed by atoms with Gasteiger partial charge in [-0.3, -0.25) is 15.1 Å². The molecule has 2 rings (SSSR count). The summed E-state index contributed by atoms with van der Waals surface area (Å²) in [5.41, 5.74) is 1.20. The lowest BCUT2D eigenvalue weighted by Gasteiger charge is -2.04. The van der Waals surface area contributed by atoms with Crippen molar-refractivity contribution in [1.29, 1.82) is 0 Å². The lowest BCUT2D eigenvalue weighted by atomic mass is 10.2. The highest BCUT2D eigenvalue weighted by atomic mass is 16.6. The van der Waals surface area contributed by atoms with Gasteiger partial charge < -0.3 is 15.1 Å². The number of hydrogen-bond acceptors (Lipinski definition) is 7. The maximum absolute atomic E-state index is 10.6. The second-order valence-electron chi connectivity index (χ2n) is 4.42. The van der Waals surface area contributed by atoms with Crippen LogP contribution in [0.15, 0.2) is 41.7 Å². The zero-order chi connectivity index (χ0) is 16.1. The summed E-state index contributed by atoms with van der Waals surface area (Å²) in [5.74, 6) is -0.182. The Morgan fingerprint density at radius 2 is 2.14 bits per heavy atom. The van der Waals surface area contributed by atoms with Gasteiger partial charge >= 0.3 is 0 Å². The van der Waals surface area contributed by atoms with Gasteiger partial charge in [0.1, 0.15) is 23.8 Å². The number of oxime groups is 1. The van der Waals surface area contributed by atoms with Crippen LogP contribution in [0.4, 0.5) is 5.69 Å². The second-order valence-corrected chi connectivity index (χ2v) is 4.42. The first-order chi connectivity index (χ1) is 10.5. The first-order valence-corrected chi connectivity index (χ1v) is 6.25. The van der Waals surface area contributed by atoms with Crippen LogP contribution in [0.3, 0.4) is 0 Å². The molecule has 0 aliphatic heterocycles. The third kappa shape index (κ3) is 3.69. The molecule has 0 saturated heterocycles. The van der Waals surface area contributed by atoms with E-state index >= 15 is 0 Å². The molecule has 0 aliphatic carbocycles. The number of benzene rings is 1. The maximum atomic E-state index is 10.6. The molecule has 0 bridgehead atoms. The number of rotatable bonds is 5. The summed E-state index contributed by atoms with van der Waals surface area (Å²) in [6, 6.07) is 6.79. The molecule has 0 spiro atoms. The maximum Gasteiger partial charge on any atom is 0.273 e. The quantitative estimate of drug-likeness (QED) is 0.497. The van der Waals surface area contributed by atoms with Gasteiger partial charge in [-0.25, -0.2) is 0 Å². The molecule has 114 valence electrons. The Balaban J connectivity index is 2.02. The largest absolute Gasteiger partial charge is 0.507 e. The molecular weight excluding hydrogens is 290 g/mol. The molecular formula is C14H13N3O5. The Morgan fingerprint density at radius 3 is 2.73 bits per heavy atom. The minimum atomic E-state index is -0.594. The molecule has 2 N–H and O–H groups in total. The Kier molecular flexibility index (Phi) is 4.52. The Hall–Kier alpha value is -3.16. The molecule has 0 amide bonds. The van der Waals surface area contributed by atoms with Crippen LogP contribution in [0.5, 0.6) is 11.5 Å². The predicted octanol–water partition coefficient (Wildman–Crippen LogP) is 2.34. The topological polar surface area (TPSA) is 118 Å². The third-order valence-corrected chi connectivity index (χ3v) is 2.82. The molecule has 1 aromatic carbocycles. The second kappa shape index (κ2) is 6.53. The highest BCUT2D eigenvalue weighted by molar-refractivity contribution is 5.96. The van der Waals surface area contributed by atoms with Crippen LogP contribution in [-0.2, 0) is 11.4 Å². The van der Waals surface area contributed by atoms with Gasteiger partial charge in [0.15, 0.2) is 0 Å². The molecule has 22 heavy (non-hydrogen) atoms. The summed E-state index contributed by atoms with van der Waals surface area (Å²) in [7, 11) is 0. The highest BCUT2D eigenvalue weighted by Gasteiger charge is 2.10. The highest BCUT2D eigenvalue weighted by Crippen LogP contribution is 2.24. The number of phenols is 1. The Labute approximate surface area is 125 Å². The number of aromatic nitrogens is 1. The molecule has 8 nitrogen and oxygen atoms in total. The number of nitro groups is 1. The molecule has 2 aromatic rings. The molecule has 0 saturated carbocycles. The molecule has 0 aliphatic rings. The average molecular weight is 303 g/mol. The van der Waals surface area contributed by atoms with Crippen molar-refractivity contribution in [2.75, 3.05) is 0 Å². The van der Waals surface area contributed by atoms with Crippen LogP contribution in [0.2, 0.25) is 0 Å². The normalized spacial score (nSPS) is 11.2. The summed E-state index contributed by atoms with van der Waals surface area (Å²) in [6.07, 6.45) is 1.29. The number of phenolic OH excluding ortho intramolecular Hbond substituents is 1. The fourth-order valence-electron chi connectivity index (χ4n) is 1.63. The van der Waals surface area contributed by atoms with Crippen molar-refractivity contribution in [3.63, 3.8) is 0 Å². The summed E-state index contributed by atoms with van der Waals surface area (Å²) >= 11 is 0. The van der Waals surface area contributed by atoms with Gasteiger partial charge in [0.05, 0.1) is 22.9 Å². The van der Waals surface area contributed by atoms with Gasteiger partial charge in [0, 0.05) is 11.6 Å². The van der Waals surface area contributed by atoms with Crippen LogP contribution in [-0.4, -0.2) is 25.8 Å². The van der Waals surface area contributed by atoms with Crippen molar-refractivity contribution in [2.24, 2.45) is 5.16 Å². The van der Waals surface area contributed by atoms with Crippen LogP contribution in [0.25, 0.3) is 0 Å². The smallest absolute Gasteiger partial charge is 0.273 e. The van der Waals surface area contributed by atoms with Gasteiger partial charge in [0.2, 0.25) is 0 Å². The third-order valence-electron chi connectivity index (χ3n) is 2.82. The predicted molar refractivity (Wildman–Crippen MR) is 77.7 cm³/mol. The van der Waals surface area contributed by atoms with Crippen LogP contribution < -0.4 is 0 Å². The lowest BCUT2D eigenvalue weighted by molar-refractivity contribution is -0.385. The van der Waals surface area contributed by atoms with E-state index < -0.39 is 4.92 Å². The summed E-state index contributed by atoms with van der Waals surface area (Å²) in [5, 5.41) is 33.2. The van der Waals surface area contributed by atoms with Gasteiger partial charge in [-0.2, -0.15) is 0 Å². The number of nitro benzene ring substituents is 1. The number of pyridine rings is 1. The van der Waals surface area contributed by atoms with Crippen molar-refractivity contribution in [2.45, 2.75) is 13.5 Å². The molecule has 8 heteroatoms. The van der Waals surface area contributed by atoms with Crippen molar-refractivity contribution >= 4 is 11.4 Å². The van der Waals surface area contributed by atoms with E-state index in [4.69, 9.17) is 9.94 Å². The van der Waals surface area contributed by atoms with Crippen LogP contribution in [0.1, 0.15) is 18.2 Å². The fraction of sp³-hybridized carbons (Fsp3) is 0.143. The Morgan fingerprint density at radius 1 is 1.36 bits per heavy atom. The summed E-state index contributed by atoms with van der Waals surface area (Å²) in [6.45, 7) is 1.63. The van der Waals surface area contributed by atoms with Gasteiger partial charge in [-0.15, -0.1) is 0 Å². The molecule has 1 aromatic heterocycles. The standard InChI is InChI=1S/C14H13N3O5/c1-9(13-5-4-12(18)7-15-13)16-22-8-10-2-3-11(17(20)21)6-14(10)19/h2-7,18-19H,8H2,1H3. The molecule has 0 unspecified atom stereocenters. The van der Waals surface area contributed by atoms with E-state index in [1.165, 1.54) is 24.4 Å². The zero-order valence-corrected chi connectivity index (χ0v) is 11.6. The van der Waals surface area contributed by atoms with E-state index in [9.17, 15) is 15.2 Å². The number of nitrogens with zero attached hydrogens (tertiary/aromatic N) is 3. The number of non-ortho nitro benzene ring substituents is 1. The van der Waals surface area contributed by atoms with E-state index in [-0.39, 0.29) is 23.8 Å². The van der Waals surface area contributed by atoms with E-state index in [0.717, 1.165) is 6.07 Å². The van der Waals surface area contributed by atoms with Crippen molar-refractivity contribution in [1.82, 2.24) is 4.98 Å². The number of hydrogen-bond donors (Lipinski definition) is 2. The molecule has 0 fully saturated rings. The molecule has 1 heterocycles. The van der Waals surface area contributed by atoms with Crippen molar-refractivity contribution < 1.29 is 20.0 Å². The van der Waals surface area contributed by atoms with Gasteiger partial charge in [-0.05, 0) is 25.1 Å². The monoisotopic (exact) mass is 303 g/mol. The Bertz CT molecular complexity index is 713. The number of aromatic hydroxyl groups is 2. The molecule has 0 radical (unpaired) electrons. The van der Waals surface area contributed by atoms with Crippen LogP contribution >= 0.6 is 0 Å². The van der Waals surface area contributed by atoms with Crippen molar-refractivity contribution in [3.8, 4) is 11.5 Å². The van der Waals surface area contributed by atoms with Crippen LogP contribution in [0, 0.1) is 10.1 Å². The minimum absolute atomic E-state index is 0.0424. The van der Waals surface area contributed by atoms with Gasteiger partial charge in [0.25, 0.3) is 5.69 Å². The first kappa shape index (κ1) is 15.2. The van der Waals surface area contributed by atoms with E-state index in [0.29, 0.717) is 17.0 Å². The van der Waals surface area contributed by atoms with Crippen molar-refractivity contribution in [3.05, 3.63) is 57.9 Å². The SMILES string of the molecule is CC(=NOCc1ccc([N+](=O)[O-])cc1O)c1ccc(O)cn1. The summed E-state index contributed by atoms with van der Waals surface area (Å²) < 4.78 is 0. The molecule has 0 atom stereocenters.